The molecule has 0 aromatic heterocycles. The number of thiocarbonyl (C=S) groups is 1. The van der Waals surface area contributed by atoms with Gasteiger partial charge in [-0.1, -0.05) is 12.2 Å². The molecule has 0 bridgehead atoms. The molecule has 0 spiro atoms. The molecule has 1 saturated carbocycles. The molecular formula is C10H15N3O2S. The van der Waals surface area contributed by atoms with Gasteiger partial charge in [0.2, 0.25) is 11.8 Å². The largest absolute Gasteiger partial charge is 0.392 e. The Morgan fingerprint density at radius 2 is 2.25 bits per heavy atom. The Balaban J connectivity index is 1.97. The zero-order valence-electron chi connectivity index (χ0n) is 8.91. The second kappa shape index (κ2) is 4.01. The Bertz CT molecular complexity index is 352. The Morgan fingerprint density at radius 1 is 1.56 bits per heavy atom. The van der Waals surface area contributed by atoms with Crippen molar-refractivity contribution in [1.29, 1.82) is 0 Å². The van der Waals surface area contributed by atoms with E-state index in [1.54, 1.807) is 0 Å². The van der Waals surface area contributed by atoms with Gasteiger partial charge in [0.1, 0.15) is 6.04 Å². The molecular weight excluding hydrogens is 226 g/mol. The van der Waals surface area contributed by atoms with Gasteiger partial charge in [0.25, 0.3) is 0 Å². The third-order valence-electron chi connectivity index (χ3n) is 3.25. The highest BCUT2D eigenvalue weighted by molar-refractivity contribution is 7.80. The number of piperidine rings is 1. The highest BCUT2D eigenvalue weighted by Crippen LogP contribution is 2.46. The first-order valence-electron chi connectivity index (χ1n) is 5.45. The highest BCUT2D eigenvalue weighted by Gasteiger charge is 2.53. The maximum atomic E-state index is 11.9. The van der Waals surface area contributed by atoms with Gasteiger partial charge in [-0.25, -0.2) is 0 Å². The summed E-state index contributed by atoms with van der Waals surface area (Å²) in [5.41, 5.74) is 4.87. The standard InChI is InChI=1S/C10H15N3O2S/c11-8(16)10(3-4-10)9(15)13-6-2-1-5-12-7(6)14/h6H,1-5H2,(H2,11,16)(H,12,14)(H,13,15). The van der Waals surface area contributed by atoms with Crippen molar-refractivity contribution < 1.29 is 9.59 Å². The summed E-state index contributed by atoms with van der Waals surface area (Å²) in [7, 11) is 0. The van der Waals surface area contributed by atoms with Gasteiger partial charge in [0, 0.05) is 6.54 Å². The van der Waals surface area contributed by atoms with Gasteiger partial charge >= 0.3 is 0 Å². The predicted octanol–water partition coefficient (Wildman–Crippen LogP) is -0.553. The fourth-order valence-corrected chi connectivity index (χ4v) is 2.21. The number of carbonyl (C=O) groups is 2. The molecule has 88 valence electrons. The molecule has 0 aromatic rings. The third kappa shape index (κ3) is 1.89. The van der Waals surface area contributed by atoms with Crippen molar-refractivity contribution in [3.8, 4) is 0 Å². The summed E-state index contributed by atoms with van der Waals surface area (Å²) >= 11 is 4.88. The summed E-state index contributed by atoms with van der Waals surface area (Å²) < 4.78 is 0. The second-order valence-corrected chi connectivity index (χ2v) is 4.85. The molecule has 1 aliphatic carbocycles. The first-order chi connectivity index (χ1) is 7.56. The van der Waals surface area contributed by atoms with E-state index in [0.29, 0.717) is 25.8 Å². The van der Waals surface area contributed by atoms with Crippen LogP contribution >= 0.6 is 12.2 Å². The van der Waals surface area contributed by atoms with E-state index in [1.807, 2.05) is 0 Å². The highest BCUT2D eigenvalue weighted by atomic mass is 32.1. The lowest BCUT2D eigenvalue weighted by Crippen LogP contribution is -2.53. The summed E-state index contributed by atoms with van der Waals surface area (Å²) in [5.74, 6) is -0.305. The molecule has 2 amide bonds. The van der Waals surface area contributed by atoms with Crippen LogP contribution in [0.1, 0.15) is 25.7 Å². The van der Waals surface area contributed by atoms with Crippen LogP contribution in [0.4, 0.5) is 0 Å². The summed E-state index contributed by atoms with van der Waals surface area (Å²) in [6, 6.07) is -0.423. The van der Waals surface area contributed by atoms with Crippen molar-refractivity contribution >= 4 is 29.0 Å². The van der Waals surface area contributed by atoms with E-state index in [4.69, 9.17) is 18.0 Å². The van der Waals surface area contributed by atoms with Crippen LogP contribution in [0.2, 0.25) is 0 Å². The summed E-state index contributed by atoms with van der Waals surface area (Å²) in [6.45, 7) is 0.686. The van der Waals surface area contributed by atoms with Crippen LogP contribution in [-0.4, -0.2) is 29.4 Å². The van der Waals surface area contributed by atoms with E-state index >= 15 is 0 Å². The van der Waals surface area contributed by atoms with Gasteiger partial charge in [0.15, 0.2) is 0 Å². The average molecular weight is 241 g/mol. The second-order valence-electron chi connectivity index (χ2n) is 4.41. The van der Waals surface area contributed by atoms with Crippen LogP contribution in [-0.2, 0) is 9.59 Å². The molecule has 2 fully saturated rings. The molecule has 1 aliphatic heterocycles. The minimum atomic E-state index is -0.674. The van der Waals surface area contributed by atoms with Gasteiger partial charge in [-0.05, 0) is 25.7 Å². The Labute approximate surface area is 99.1 Å². The molecule has 1 heterocycles. The van der Waals surface area contributed by atoms with Crippen LogP contribution in [0, 0.1) is 5.41 Å². The maximum absolute atomic E-state index is 11.9. The van der Waals surface area contributed by atoms with E-state index in [-0.39, 0.29) is 16.8 Å². The molecule has 2 aliphatic rings. The Hall–Kier alpha value is -1.17. The normalized spacial score (nSPS) is 26.8. The Kier molecular flexibility index (Phi) is 2.84. The molecule has 5 nitrogen and oxygen atoms in total. The molecule has 2 rings (SSSR count). The molecule has 6 heteroatoms. The van der Waals surface area contributed by atoms with Crippen molar-refractivity contribution in [2.75, 3.05) is 6.54 Å². The molecule has 1 atom stereocenters. The third-order valence-corrected chi connectivity index (χ3v) is 3.64. The van der Waals surface area contributed by atoms with Crippen molar-refractivity contribution in [2.24, 2.45) is 11.1 Å². The van der Waals surface area contributed by atoms with E-state index in [0.717, 1.165) is 6.42 Å². The minimum absolute atomic E-state index is 0.113. The van der Waals surface area contributed by atoms with Gasteiger partial charge < -0.3 is 16.4 Å². The number of nitrogens with two attached hydrogens (primary N) is 1. The first kappa shape index (κ1) is 11.3. The summed E-state index contributed by atoms with van der Waals surface area (Å²) in [5, 5.41) is 5.46. The van der Waals surface area contributed by atoms with E-state index in [9.17, 15) is 9.59 Å². The lowest BCUT2D eigenvalue weighted by molar-refractivity contribution is -0.131. The van der Waals surface area contributed by atoms with Crippen molar-refractivity contribution in [2.45, 2.75) is 31.7 Å². The number of amides is 2. The lowest BCUT2D eigenvalue weighted by atomic mass is 10.0. The lowest BCUT2D eigenvalue weighted by Gasteiger charge is -2.24. The van der Waals surface area contributed by atoms with Gasteiger partial charge in [-0.15, -0.1) is 0 Å². The van der Waals surface area contributed by atoms with Crippen molar-refractivity contribution in [3.63, 3.8) is 0 Å². The number of rotatable bonds is 3. The van der Waals surface area contributed by atoms with Crippen LogP contribution in [0.25, 0.3) is 0 Å². The topological polar surface area (TPSA) is 84.2 Å². The number of hydrogen-bond donors (Lipinski definition) is 3. The smallest absolute Gasteiger partial charge is 0.242 e. The van der Waals surface area contributed by atoms with Crippen LogP contribution in [0.15, 0.2) is 0 Å². The molecule has 0 radical (unpaired) electrons. The van der Waals surface area contributed by atoms with E-state index in [2.05, 4.69) is 10.6 Å². The molecule has 16 heavy (non-hydrogen) atoms. The van der Waals surface area contributed by atoms with E-state index < -0.39 is 11.5 Å². The van der Waals surface area contributed by atoms with Crippen molar-refractivity contribution in [3.05, 3.63) is 0 Å². The van der Waals surface area contributed by atoms with Crippen LogP contribution < -0.4 is 16.4 Å². The fourth-order valence-electron chi connectivity index (χ4n) is 1.92. The molecule has 0 aromatic carbocycles. The van der Waals surface area contributed by atoms with Crippen LogP contribution in [0.3, 0.4) is 0 Å². The van der Waals surface area contributed by atoms with Crippen LogP contribution in [0.5, 0.6) is 0 Å². The molecule has 4 N–H and O–H groups in total. The van der Waals surface area contributed by atoms with Crippen molar-refractivity contribution in [1.82, 2.24) is 10.6 Å². The maximum Gasteiger partial charge on any atom is 0.242 e. The monoisotopic (exact) mass is 241 g/mol. The van der Waals surface area contributed by atoms with Gasteiger partial charge in [0.05, 0.1) is 10.4 Å². The first-order valence-corrected chi connectivity index (χ1v) is 5.86. The van der Waals surface area contributed by atoms with E-state index in [1.165, 1.54) is 0 Å². The predicted molar refractivity (Wildman–Crippen MR) is 62.6 cm³/mol. The summed E-state index contributed by atoms with van der Waals surface area (Å²) in [4.78, 5) is 23.6. The van der Waals surface area contributed by atoms with Gasteiger partial charge in [-0.2, -0.15) is 0 Å². The van der Waals surface area contributed by atoms with Gasteiger partial charge in [-0.3, -0.25) is 9.59 Å². The number of carbonyl (C=O) groups excluding carboxylic acids is 2. The SMILES string of the molecule is NC(=S)C1(C(=O)NC2CCCNC2=O)CC1. The minimum Gasteiger partial charge on any atom is -0.392 e. The summed E-state index contributed by atoms with van der Waals surface area (Å²) in [6.07, 6.45) is 2.97. The molecule has 1 unspecified atom stereocenters. The fraction of sp³-hybridized carbons (Fsp3) is 0.700. The average Bonchev–Trinajstić information content (AvgIpc) is 3.02. The zero-order chi connectivity index (χ0) is 11.8. The molecule has 1 saturated heterocycles. The zero-order valence-corrected chi connectivity index (χ0v) is 9.73. The Morgan fingerprint density at radius 3 is 2.75 bits per heavy atom. The quantitative estimate of drug-likeness (QED) is 0.579. The number of hydrogen-bond acceptors (Lipinski definition) is 3. The number of nitrogens with one attached hydrogen (secondary N) is 2.